The van der Waals surface area contributed by atoms with Crippen LogP contribution in [-0.2, 0) is 13.0 Å². The molecule has 0 saturated heterocycles. The molecule has 0 radical (unpaired) electrons. The fourth-order valence-electron chi connectivity index (χ4n) is 2.43. The standard InChI is InChI=1S/C17H23N3O/c1-13(18)2-3-14-4-8-17(9-5-14)21-11-16-10-19-12-20(16)15-6-7-15/h4-5,8-10,12-13,15H,2-3,6-7,11,18H2,1H3. The molecular formula is C17H23N3O. The Hall–Kier alpha value is -1.81. The zero-order valence-electron chi connectivity index (χ0n) is 12.5. The summed E-state index contributed by atoms with van der Waals surface area (Å²) in [5.74, 6) is 0.906. The number of aryl methyl sites for hydroxylation is 1. The summed E-state index contributed by atoms with van der Waals surface area (Å²) in [5, 5.41) is 0. The van der Waals surface area contributed by atoms with Crippen molar-refractivity contribution in [2.75, 3.05) is 0 Å². The molecule has 1 unspecified atom stereocenters. The van der Waals surface area contributed by atoms with Gasteiger partial charge in [0.25, 0.3) is 0 Å². The third-order valence-electron chi connectivity index (χ3n) is 3.88. The summed E-state index contributed by atoms with van der Waals surface area (Å²) in [6, 6.07) is 9.21. The first-order chi connectivity index (χ1) is 10.2. The van der Waals surface area contributed by atoms with Gasteiger partial charge < -0.3 is 15.0 Å². The van der Waals surface area contributed by atoms with Crippen LogP contribution in [0.3, 0.4) is 0 Å². The molecule has 1 aromatic carbocycles. The number of ether oxygens (including phenoxy) is 1. The first kappa shape index (κ1) is 14.1. The van der Waals surface area contributed by atoms with Crippen LogP contribution < -0.4 is 10.5 Å². The van der Waals surface area contributed by atoms with Gasteiger partial charge in [-0.15, -0.1) is 0 Å². The van der Waals surface area contributed by atoms with E-state index in [9.17, 15) is 0 Å². The monoisotopic (exact) mass is 285 g/mol. The van der Waals surface area contributed by atoms with Gasteiger partial charge in [0.2, 0.25) is 0 Å². The van der Waals surface area contributed by atoms with Crippen molar-refractivity contribution in [3.63, 3.8) is 0 Å². The third kappa shape index (κ3) is 3.85. The predicted octanol–water partition coefficient (Wildman–Crippen LogP) is 3.08. The molecule has 4 nitrogen and oxygen atoms in total. The van der Waals surface area contributed by atoms with Gasteiger partial charge in [-0.1, -0.05) is 12.1 Å². The van der Waals surface area contributed by atoms with Gasteiger partial charge >= 0.3 is 0 Å². The van der Waals surface area contributed by atoms with Crippen molar-refractivity contribution >= 4 is 0 Å². The lowest BCUT2D eigenvalue weighted by Gasteiger charge is -2.10. The minimum atomic E-state index is 0.253. The first-order valence-corrected chi connectivity index (χ1v) is 7.70. The molecule has 3 rings (SSSR count). The van der Waals surface area contributed by atoms with Crippen molar-refractivity contribution in [3.05, 3.63) is 48.0 Å². The van der Waals surface area contributed by atoms with E-state index in [2.05, 4.69) is 21.7 Å². The minimum Gasteiger partial charge on any atom is -0.487 e. The summed E-state index contributed by atoms with van der Waals surface area (Å²) in [6.45, 7) is 2.62. The maximum absolute atomic E-state index is 5.86. The Balaban J connectivity index is 1.54. The average Bonchev–Trinajstić information content (AvgIpc) is 3.23. The second-order valence-corrected chi connectivity index (χ2v) is 5.97. The van der Waals surface area contributed by atoms with Crippen LogP contribution in [0.2, 0.25) is 0 Å². The number of hydrogen-bond acceptors (Lipinski definition) is 3. The normalized spacial score (nSPS) is 15.9. The number of hydrogen-bond donors (Lipinski definition) is 1. The molecule has 2 aromatic rings. The summed E-state index contributed by atoms with van der Waals surface area (Å²) >= 11 is 0. The van der Waals surface area contributed by atoms with Crippen molar-refractivity contribution < 1.29 is 4.74 Å². The number of imidazole rings is 1. The van der Waals surface area contributed by atoms with Gasteiger partial charge in [-0.25, -0.2) is 4.98 Å². The van der Waals surface area contributed by atoms with Gasteiger partial charge in [0.1, 0.15) is 12.4 Å². The van der Waals surface area contributed by atoms with Crippen LogP contribution in [-0.4, -0.2) is 15.6 Å². The molecule has 1 aliphatic rings. The summed E-state index contributed by atoms with van der Waals surface area (Å²) in [5.41, 5.74) is 8.24. The molecule has 1 fully saturated rings. The zero-order chi connectivity index (χ0) is 14.7. The predicted molar refractivity (Wildman–Crippen MR) is 83.2 cm³/mol. The minimum absolute atomic E-state index is 0.253. The topological polar surface area (TPSA) is 53.1 Å². The van der Waals surface area contributed by atoms with E-state index < -0.39 is 0 Å². The van der Waals surface area contributed by atoms with E-state index >= 15 is 0 Å². The summed E-state index contributed by atoms with van der Waals surface area (Å²) in [7, 11) is 0. The van der Waals surface area contributed by atoms with Gasteiger partial charge in [-0.2, -0.15) is 0 Å². The number of nitrogens with two attached hydrogens (primary N) is 1. The lowest BCUT2D eigenvalue weighted by atomic mass is 10.1. The van der Waals surface area contributed by atoms with Crippen molar-refractivity contribution in [2.45, 2.75) is 51.3 Å². The molecule has 0 bridgehead atoms. The third-order valence-corrected chi connectivity index (χ3v) is 3.88. The van der Waals surface area contributed by atoms with Crippen molar-refractivity contribution in [3.8, 4) is 5.75 Å². The Labute approximate surface area is 125 Å². The Morgan fingerprint density at radius 1 is 1.33 bits per heavy atom. The van der Waals surface area contributed by atoms with Crippen LogP contribution in [0.25, 0.3) is 0 Å². The maximum atomic E-state index is 5.86. The second kappa shape index (κ2) is 6.31. The van der Waals surface area contributed by atoms with Gasteiger partial charge in [0.05, 0.1) is 18.2 Å². The summed E-state index contributed by atoms with van der Waals surface area (Å²) in [4.78, 5) is 4.22. The van der Waals surface area contributed by atoms with Crippen LogP contribution in [0, 0.1) is 0 Å². The molecule has 2 N–H and O–H groups in total. The molecule has 1 saturated carbocycles. The SMILES string of the molecule is CC(N)CCc1ccc(OCc2cncn2C2CC2)cc1. The second-order valence-electron chi connectivity index (χ2n) is 5.97. The highest BCUT2D eigenvalue weighted by atomic mass is 16.5. The highest BCUT2D eigenvalue weighted by Gasteiger charge is 2.25. The molecule has 0 amide bonds. The van der Waals surface area contributed by atoms with E-state index in [4.69, 9.17) is 10.5 Å². The van der Waals surface area contributed by atoms with E-state index in [-0.39, 0.29) is 6.04 Å². The van der Waals surface area contributed by atoms with E-state index in [1.165, 1.54) is 18.4 Å². The van der Waals surface area contributed by atoms with Crippen molar-refractivity contribution in [1.82, 2.24) is 9.55 Å². The number of nitrogens with zero attached hydrogens (tertiary/aromatic N) is 2. The largest absolute Gasteiger partial charge is 0.487 e. The fourth-order valence-corrected chi connectivity index (χ4v) is 2.43. The summed E-state index contributed by atoms with van der Waals surface area (Å²) < 4.78 is 8.10. The molecule has 21 heavy (non-hydrogen) atoms. The molecule has 0 spiro atoms. The van der Waals surface area contributed by atoms with E-state index in [0.717, 1.165) is 24.3 Å². The Morgan fingerprint density at radius 2 is 2.10 bits per heavy atom. The van der Waals surface area contributed by atoms with Crippen LogP contribution in [0.5, 0.6) is 5.75 Å². The highest BCUT2D eigenvalue weighted by molar-refractivity contribution is 5.27. The maximum Gasteiger partial charge on any atom is 0.130 e. The highest BCUT2D eigenvalue weighted by Crippen LogP contribution is 2.35. The number of rotatable bonds is 7. The van der Waals surface area contributed by atoms with Crippen molar-refractivity contribution in [2.24, 2.45) is 5.73 Å². The van der Waals surface area contributed by atoms with Gasteiger partial charge in [-0.05, 0) is 50.3 Å². The van der Waals surface area contributed by atoms with Crippen LogP contribution in [0.1, 0.15) is 43.5 Å². The molecule has 112 valence electrons. The molecule has 0 aliphatic heterocycles. The van der Waals surface area contributed by atoms with Crippen LogP contribution in [0.4, 0.5) is 0 Å². The van der Waals surface area contributed by atoms with Crippen LogP contribution >= 0.6 is 0 Å². The number of aromatic nitrogens is 2. The molecular weight excluding hydrogens is 262 g/mol. The summed E-state index contributed by atoms with van der Waals surface area (Å²) in [6.07, 6.45) is 8.37. The van der Waals surface area contributed by atoms with E-state index in [1.807, 2.05) is 31.6 Å². The molecule has 1 heterocycles. The quantitative estimate of drug-likeness (QED) is 0.850. The van der Waals surface area contributed by atoms with Gasteiger partial charge in [0.15, 0.2) is 0 Å². The molecule has 1 aromatic heterocycles. The average molecular weight is 285 g/mol. The Kier molecular flexibility index (Phi) is 4.25. The Bertz CT molecular complexity index is 570. The lowest BCUT2D eigenvalue weighted by molar-refractivity contribution is 0.295. The van der Waals surface area contributed by atoms with E-state index in [0.29, 0.717) is 12.6 Å². The van der Waals surface area contributed by atoms with Crippen LogP contribution in [0.15, 0.2) is 36.8 Å². The molecule has 1 atom stereocenters. The van der Waals surface area contributed by atoms with Crippen molar-refractivity contribution in [1.29, 1.82) is 0 Å². The lowest BCUT2D eigenvalue weighted by Crippen LogP contribution is -2.15. The molecule has 1 aliphatic carbocycles. The van der Waals surface area contributed by atoms with Gasteiger partial charge in [-0.3, -0.25) is 0 Å². The van der Waals surface area contributed by atoms with Gasteiger partial charge in [0, 0.05) is 12.1 Å². The zero-order valence-corrected chi connectivity index (χ0v) is 12.5. The smallest absolute Gasteiger partial charge is 0.130 e. The Morgan fingerprint density at radius 3 is 2.76 bits per heavy atom. The fraction of sp³-hybridized carbons (Fsp3) is 0.471. The van der Waals surface area contributed by atoms with E-state index in [1.54, 1.807) is 0 Å². The first-order valence-electron chi connectivity index (χ1n) is 7.70. The molecule has 4 heteroatoms. The number of benzene rings is 1.